The van der Waals surface area contributed by atoms with Gasteiger partial charge in [-0.25, -0.2) is 9.29 Å². The maximum Gasteiger partial charge on any atom is 0.282 e. The third-order valence-electron chi connectivity index (χ3n) is 6.17. The molecule has 32 heavy (non-hydrogen) atoms. The van der Waals surface area contributed by atoms with Crippen LogP contribution in [0, 0.1) is 5.82 Å². The van der Waals surface area contributed by atoms with Crippen molar-refractivity contribution in [2.45, 2.75) is 26.2 Å². The van der Waals surface area contributed by atoms with Crippen molar-refractivity contribution in [1.82, 2.24) is 0 Å². The number of carbonyl (C=O) groups excluding carboxylic acids is 2. The van der Waals surface area contributed by atoms with E-state index in [1.807, 2.05) is 53.4 Å². The van der Waals surface area contributed by atoms with Crippen LogP contribution >= 0.6 is 0 Å². The summed E-state index contributed by atoms with van der Waals surface area (Å²) in [5.41, 5.74) is 4.92. The lowest BCUT2D eigenvalue weighted by molar-refractivity contribution is -0.120. The van der Waals surface area contributed by atoms with Crippen molar-refractivity contribution in [3.63, 3.8) is 0 Å². The highest BCUT2D eigenvalue weighted by Crippen LogP contribution is 2.40. The number of fused-ring (bicyclic) bond motifs is 1. The zero-order valence-electron chi connectivity index (χ0n) is 18.0. The highest BCUT2D eigenvalue weighted by atomic mass is 19.1. The van der Waals surface area contributed by atoms with Gasteiger partial charge in [0.05, 0.1) is 11.3 Å². The van der Waals surface area contributed by atoms with Gasteiger partial charge in [-0.2, -0.15) is 0 Å². The second-order valence-electron chi connectivity index (χ2n) is 8.45. The second kappa shape index (κ2) is 7.75. The van der Waals surface area contributed by atoms with Crippen LogP contribution in [0.25, 0.3) is 5.57 Å². The zero-order valence-corrected chi connectivity index (χ0v) is 18.0. The molecule has 0 aliphatic carbocycles. The van der Waals surface area contributed by atoms with Crippen molar-refractivity contribution in [3.05, 3.63) is 101 Å². The van der Waals surface area contributed by atoms with Crippen LogP contribution in [0.5, 0.6) is 0 Å². The summed E-state index contributed by atoms with van der Waals surface area (Å²) in [4.78, 5) is 30.5. The normalized spacial score (nSPS) is 15.9. The van der Waals surface area contributed by atoms with Gasteiger partial charge in [-0.3, -0.25) is 9.59 Å². The molecule has 3 aromatic carbocycles. The first-order valence-corrected chi connectivity index (χ1v) is 10.8. The highest BCUT2D eigenvalue weighted by molar-refractivity contribution is 6.46. The minimum Gasteiger partial charge on any atom is -0.336 e. The number of anilines is 2. The Labute approximate surface area is 186 Å². The number of hydrogen-bond acceptors (Lipinski definition) is 3. The number of benzene rings is 3. The maximum absolute atomic E-state index is 13.7. The van der Waals surface area contributed by atoms with Crippen molar-refractivity contribution < 1.29 is 14.0 Å². The van der Waals surface area contributed by atoms with Gasteiger partial charge in [0, 0.05) is 12.2 Å². The topological polar surface area (TPSA) is 40.6 Å². The van der Waals surface area contributed by atoms with Gasteiger partial charge in [0.25, 0.3) is 11.8 Å². The Balaban J connectivity index is 1.64. The predicted octanol–water partition coefficient (Wildman–Crippen LogP) is 5.30. The number of carbonyl (C=O) groups is 2. The highest BCUT2D eigenvalue weighted by Gasteiger charge is 2.44. The van der Waals surface area contributed by atoms with Gasteiger partial charge < -0.3 is 4.90 Å². The fourth-order valence-corrected chi connectivity index (χ4v) is 4.46. The lowest BCUT2D eigenvalue weighted by atomic mass is 10.0. The predicted molar refractivity (Wildman–Crippen MR) is 124 cm³/mol. The first-order chi connectivity index (χ1) is 15.5. The van der Waals surface area contributed by atoms with Crippen LogP contribution in [0.1, 0.15) is 36.5 Å². The number of imide groups is 1. The molecule has 5 heteroatoms. The minimum absolute atomic E-state index is 0.305. The quantitative estimate of drug-likeness (QED) is 0.532. The Kier molecular flexibility index (Phi) is 4.89. The molecule has 0 spiro atoms. The molecule has 0 bridgehead atoms. The van der Waals surface area contributed by atoms with Gasteiger partial charge in [0.1, 0.15) is 11.5 Å². The molecule has 4 nitrogen and oxygen atoms in total. The fourth-order valence-electron chi connectivity index (χ4n) is 4.46. The van der Waals surface area contributed by atoms with E-state index in [1.165, 1.54) is 17.0 Å². The van der Waals surface area contributed by atoms with E-state index in [9.17, 15) is 14.0 Å². The molecule has 0 radical (unpaired) electrons. The van der Waals surface area contributed by atoms with Crippen LogP contribution in [0.4, 0.5) is 15.8 Å². The molecule has 0 atom stereocenters. The van der Waals surface area contributed by atoms with Crippen molar-refractivity contribution in [3.8, 4) is 0 Å². The van der Waals surface area contributed by atoms with Crippen LogP contribution < -0.4 is 9.80 Å². The molecule has 5 rings (SSSR count). The fraction of sp³-hybridized carbons (Fsp3) is 0.185. The Morgan fingerprint density at radius 3 is 2.22 bits per heavy atom. The number of hydrogen-bond donors (Lipinski definition) is 0. The first kappa shape index (κ1) is 20.2. The van der Waals surface area contributed by atoms with Crippen LogP contribution in [0.15, 0.2) is 78.5 Å². The van der Waals surface area contributed by atoms with E-state index < -0.39 is 5.91 Å². The molecule has 2 aliphatic rings. The van der Waals surface area contributed by atoms with Crippen molar-refractivity contribution >= 4 is 28.8 Å². The Morgan fingerprint density at radius 2 is 1.53 bits per heavy atom. The number of para-hydroxylation sites is 1. The third-order valence-corrected chi connectivity index (χ3v) is 6.17. The number of amides is 2. The number of halogens is 1. The summed E-state index contributed by atoms with van der Waals surface area (Å²) >= 11 is 0. The molecule has 0 saturated carbocycles. The molecule has 0 unspecified atom stereocenters. The summed E-state index contributed by atoms with van der Waals surface area (Å²) < 4.78 is 13.6. The summed E-state index contributed by atoms with van der Waals surface area (Å²) in [5.74, 6) is -0.791. The van der Waals surface area contributed by atoms with Crippen LogP contribution in [0.2, 0.25) is 0 Å². The standard InChI is InChI=1S/C27H23FN2O2/c1-17(2)18-9-13-22(14-10-18)30-26(31)24(20-7-11-21(28)12-8-20)25(27(30)32)29-16-15-19-5-3-4-6-23(19)29/h3-14,17H,15-16H2,1-2H3. The summed E-state index contributed by atoms with van der Waals surface area (Å²) in [5, 5.41) is 0. The summed E-state index contributed by atoms with van der Waals surface area (Å²) in [7, 11) is 0. The van der Waals surface area contributed by atoms with E-state index >= 15 is 0 Å². The van der Waals surface area contributed by atoms with E-state index in [0.29, 0.717) is 35.0 Å². The monoisotopic (exact) mass is 426 g/mol. The summed E-state index contributed by atoms with van der Waals surface area (Å²) in [6, 6.07) is 21.2. The van der Waals surface area contributed by atoms with Crippen molar-refractivity contribution in [2.24, 2.45) is 0 Å². The van der Waals surface area contributed by atoms with Crippen LogP contribution in [-0.2, 0) is 16.0 Å². The number of nitrogens with zero attached hydrogens (tertiary/aromatic N) is 2. The first-order valence-electron chi connectivity index (χ1n) is 10.8. The van der Waals surface area contributed by atoms with Gasteiger partial charge >= 0.3 is 0 Å². The zero-order chi connectivity index (χ0) is 22.4. The molecular formula is C27H23FN2O2. The average molecular weight is 426 g/mol. The van der Waals surface area contributed by atoms with Crippen LogP contribution in [-0.4, -0.2) is 18.4 Å². The third kappa shape index (κ3) is 3.21. The maximum atomic E-state index is 13.7. The van der Waals surface area contributed by atoms with Crippen molar-refractivity contribution in [2.75, 3.05) is 16.3 Å². The Hall–Kier alpha value is -3.73. The molecule has 0 fully saturated rings. The summed E-state index contributed by atoms with van der Waals surface area (Å²) in [6.45, 7) is 4.80. The second-order valence-corrected chi connectivity index (χ2v) is 8.45. The minimum atomic E-state index is -0.390. The van der Waals surface area contributed by atoms with Gasteiger partial charge in [-0.15, -0.1) is 0 Å². The van der Waals surface area contributed by atoms with E-state index in [2.05, 4.69) is 13.8 Å². The van der Waals surface area contributed by atoms with Crippen LogP contribution in [0.3, 0.4) is 0 Å². The molecule has 0 N–H and O–H groups in total. The van der Waals surface area contributed by atoms with Gasteiger partial charge in [0.15, 0.2) is 0 Å². The molecular weight excluding hydrogens is 403 g/mol. The van der Waals surface area contributed by atoms with Gasteiger partial charge in [-0.05, 0) is 59.4 Å². The molecule has 2 aliphatic heterocycles. The van der Waals surface area contributed by atoms with E-state index in [-0.39, 0.29) is 11.7 Å². The lowest BCUT2D eigenvalue weighted by Crippen LogP contribution is -2.34. The van der Waals surface area contributed by atoms with E-state index in [0.717, 1.165) is 23.2 Å². The lowest BCUT2D eigenvalue weighted by Gasteiger charge is -2.22. The van der Waals surface area contributed by atoms with Gasteiger partial charge in [-0.1, -0.05) is 56.3 Å². The van der Waals surface area contributed by atoms with E-state index in [1.54, 1.807) is 12.1 Å². The molecule has 160 valence electrons. The Bertz CT molecular complexity index is 1240. The SMILES string of the molecule is CC(C)c1ccc(N2C(=O)C(c3ccc(F)cc3)=C(N3CCc4ccccc43)C2=O)cc1. The smallest absolute Gasteiger partial charge is 0.282 e. The average Bonchev–Trinajstić information content (AvgIpc) is 3.32. The Morgan fingerprint density at radius 1 is 0.844 bits per heavy atom. The molecule has 2 heterocycles. The van der Waals surface area contributed by atoms with Crippen molar-refractivity contribution in [1.29, 1.82) is 0 Å². The van der Waals surface area contributed by atoms with E-state index in [4.69, 9.17) is 0 Å². The van der Waals surface area contributed by atoms with Gasteiger partial charge in [0.2, 0.25) is 0 Å². The molecule has 3 aromatic rings. The molecule has 0 aromatic heterocycles. The molecule has 2 amide bonds. The summed E-state index contributed by atoms with van der Waals surface area (Å²) in [6.07, 6.45) is 0.793. The molecule has 0 saturated heterocycles. The number of rotatable bonds is 4. The largest absolute Gasteiger partial charge is 0.336 e.